The van der Waals surface area contributed by atoms with Gasteiger partial charge in [0.2, 0.25) is 5.78 Å². The molecule has 30 heavy (non-hydrogen) atoms. The highest BCUT2D eigenvalue weighted by Gasteiger charge is 2.35. The number of carbonyl (C=O) groups is 3. The van der Waals surface area contributed by atoms with Crippen LogP contribution in [0.5, 0.6) is 5.75 Å². The number of hydrogen-bond donors (Lipinski definition) is 1. The van der Waals surface area contributed by atoms with E-state index >= 15 is 0 Å². The Morgan fingerprint density at radius 2 is 1.73 bits per heavy atom. The summed E-state index contributed by atoms with van der Waals surface area (Å²) in [7, 11) is 0. The quantitative estimate of drug-likeness (QED) is 0.272. The van der Waals surface area contributed by atoms with Gasteiger partial charge in [-0.25, -0.2) is 4.79 Å². The van der Waals surface area contributed by atoms with Gasteiger partial charge in [0.25, 0.3) is 5.91 Å². The number of rotatable bonds is 3. The van der Waals surface area contributed by atoms with E-state index in [4.69, 9.17) is 17.0 Å². The predicted molar refractivity (Wildman–Crippen MR) is 115 cm³/mol. The maximum Gasteiger partial charge on any atom is 0.349 e. The van der Waals surface area contributed by atoms with Crippen LogP contribution in [-0.2, 0) is 9.59 Å². The second-order valence-corrected chi connectivity index (χ2v) is 7.11. The lowest BCUT2D eigenvalue weighted by Crippen LogP contribution is -2.31. The van der Waals surface area contributed by atoms with E-state index in [-0.39, 0.29) is 27.7 Å². The van der Waals surface area contributed by atoms with E-state index in [0.717, 1.165) is 22.2 Å². The molecule has 1 N–H and O–H groups in total. The van der Waals surface area contributed by atoms with Crippen LogP contribution in [0.4, 0.5) is 0 Å². The largest absolute Gasteiger partial charge is 0.422 e. The van der Waals surface area contributed by atoms with Crippen LogP contribution in [0.1, 0.15) is 22.8 Å². The molecule has 2 aliphatic heterocycles. The number of benzene rings is 2. The Morgan fingerprint density at radius 3 is 2.50 bits per heavy atom. The van der Waals surface area contributed by atoms with E-state index in [1.165, 1.54) is 6.07 Å². The fraction of sp³-hybridized carbons (Fsp3) is 0.0435. The summed E-state index contributed by atoms with van der Waals surface area (Å²) >= 11 is 5.23. The van der Waals surface area contributed by atoms with Crippen LogP contribution in [-0.4, -0.2) is 27.7 Å². The van der Waals surface area contributed by atoms with E-state index < -0.39 is 17.7 Å². The molecule has 0 atom stereocenters. The minimum absolute atomic E-state index is 0.0747. The Morgan fingerprint density at radius 1 is 1.03 bits per heavy atom. The highest BCUT2D eigenvalue weighted by Crippen LogP contribution is 2.28. The summed E-state index contributed by atoms with van der Waals surface area (Å²) in [6.45, 7) is 1.86. The van der Waals surface area contributed by atoms with Gasteiger partial charge in [-0.2, -0.15) is 0 Å². The number of carbonyl (C=O) groups excluding carboxylic acids is 3. The van der Waals surface area contributed by atoms with Crippen molar-refractivity contribution in [3.8, 4) is 5.75 Å². The molecule has 0 radical (unpaired) electrons. The number of amides is 1. The summed E-state index contributed by atoms with van der Waals surface area (Å²) in [6, 6.07) is 16.1. The summed E-state index contributed by atoms with van der Waals surface area (Å²) in [5.41, 5.74) is 2.07. The Labute approximate surface area is 178 Å². The van der Waals surface area contributed by atoms with Crippen LogP contribution in [0, 0.1) is 0 Å². The van der Waals surface area contributed by atoms with Crippen LogP contribution < -0.4 is 10.1 Å². The second-order valence-electron chi connectivity index (χ2n) is 6.72. The molecule has 0 aliphatic carbocycles. The van der Waals surface area contributed by atoms with Crippen molar-refractivity contribution in [1.82, 2.24) is 10.2 Å². The fourth-order valence-corrected chi connectivity index (χ4v) is 3.37. The zero-order chi connectivity index (χ0) is 21.3. The summed E-state index contributed by atoms with van der Waals surface area (Å²) < 4.78 is 5.20. The second kappa shape index (κ2) is 7.88. The van der Waals surface area contributed by atoms with Crippen molar-refractivity contribution in [2.45, 2.75) is 6.92 Å². The number of ketones is 1. The van der Waals surface area contributed by atoms with Gasteiger partial charge in [-0.05, 0) is 48.5 Å². The molecule has 6 nitrogen and oxygen atoms in total. The molecule has 2 aromatic carbocycles. The number of fused-ring (bicyclic) bond motifs is 1. The van der Waals surface area contributed by atoms with Crippen molar-refractivity contribution >= 4 is 41.1 Å². The fourth-order valence-electron chi connectivity index (χ4n) is 3.12. The third-order valence-electron chi connectivity index (χ3n) is 4.53. The highest BCUT2D eigenvalue weighted by molar-refractivity contribution is 7.80. The number of Topliss-reactive ketones (excluding diaryl/α,β-unsaturated/α-hetero) is 1. The van der Waals surface area contributed by atoms with Gasteiger partial charge in [-0.1, -0.05) is 48.5 Å². The molecule has 0 unspecified atom stereocenters. The lowest BCUT2D eigenvalue weighted by atomic mass is 10.0. The lowest BCUT2D eigenvalue weighted by Gasteiger charge is -2.18. The zero-order valence-corrected chi connectivity index (χ0v) is 16.7. The standard InChI is InChI=1S/C23H16N2O4S/c1-14(11-15-7-3-2-4-8-15)12-18-21(27)25(23(30)24-18)13-17-20(26)16-9-5-6-10-19(16)29-22(17)28/h2-13H,1H3,(H,24,30)/b14-11?,17-13-,18-12?. The lowest BCUT2D eigenvalue weighted by molar-refractivity contribution is -0.130. The van der Waals surface area contributed by atoms with E-state index in [9.17, 15) is 14.4 Å². The first-order chi connectivity index (χ1) is 14.4. The third kappa shape index (κ3) is 3.70. The van der Waals surface area contributed by atoms with Crippen LogP contribution in [0.25, 0.3) is 6.08 Å². The molecule has 0 bridgehead atoms. The first-order valence-corrected chi connectivity index (χ1v) is 9.52. The van der Waals surface area contributed by atoms with Gasteiger partial charge < -0.3 is 10.1 Å². The molecule has 2 heterocycles. The van der Waals surface area contributed by atoms with Crippen LogP contribution >= 0.6 is 12.2 Å². The Kier molecular flexibility index (Phi) is 5.12. The van der Waals surface area contributed by atoms with Crippen LogP contribution in [0.2, 0.25) is 0 Å². The molecular weight excluding hydrogens is 400 g/mol. The van der Waals surface area contributed by atoms with Crippen molar-refractivity contribution in [3.63, 3.8) is 0 Å². The molecule has 1 amide bonds. The highest BCUT2D eigenvalue weighted by atomic mass is 32.1. The van der Waals surface area contributed by atoms with Gasteiger partial charge in [0.1, 0.15) is 17.0 Å². The molecule has 7 heteroatoms. The van der Waals surface area contributed by atoms with Crippen molar-refractivity contribution < 1.29 is 19.1 Å². The molecule has 148 valence electrons. The van der Waals surface area contributed by atoms with Gasteiger partial charge in [0.15, 0.2) is 5.11 Å². The predicted octanol–water partition coefficient (Wildman–Crippen LogP) is 3.38. The number of allylic oxidation sites excluding steroid dienone is 2. The van der Waals surface area contributed by atoms with E-state index in [2.05, 4.69) is 5.32 Å². The van der Waals surface area contributed by atoms with Gasteiger partial charge in [0.05, 0.1) is 5.56 Å². The average Bonchev–Trinajstić information content (AvgIpc) is 2.98. The van der Waals surface area contributed by atoms with E-state index in [1.54, 1.807) is 24.3 Å². The zero-order valence-electron chi connectivity index (χ0n) is 15.9. The number of thiocarbonyl (C=S) groups is 1. The molecule has 0 saturated carbocycles. The van der Waals surface area contributed by atoms with Gasteiger partial charge in [0, 0.05) is 6.20 Å². The Bertz CT molecular complexity index is 1180. The first kappa shape index (κ1) is 19.5. The maximum atomic E-state index is 12.8. The number of ether oxygens (including phenoxy) is 1. The van der Waals surface area contributed by atoms with Gasteiger partial charge >= 0.3 is 5.97 Å². The monoisotopic (exact) mass is 416 g/mol. The summed E-state index contributed by atoms with van der Waals surface area (Å²) in [5.74, 6) is -1.62. The number of nitrogens with zero attached hydrogens (tertiary/aromatic N) is 1. The molecule has 0 aromatic heterocycles. The minimum Gasteiger partial charge on any atom is -0.422 e. The number of para-hydroxylation sites is 1. The third-order valence-corrected chi connectivity index (χ3v) is 4.83. The summed E-state index contributed by atoms with van der Waals surface area (Å²) in [5, 5.41) is 2.90. The van der Waals surface area contributed by atoms with Crippen molar-refractivity contribution in [2.75, 3.05) is 0 Å². The van der Waals surface area contributed by atoms with Crippen LogP contribution in [0.3, 0.4) is 0 Å². The summed E-state index contributed by atoms with van der Waals surface area (Å²) in [4.78, 5) is 38.9. The van der Waals surface area contributed by atoms with E-state index in [1.807, 2.05) is 43.3 Å². The molecule has 2 aromatic rings. The number of hydrogen-bond acceptors (Lipinski definition) is 5. The van der Waals surface area contributed by atoms with Crippen LogP contribution in [0.15, 0.2) is 83.7 Å². The van der Waals surface area contributed by atoms with Crippen molar-refractivity contribution in [2.24, 2.45) is 0 Å². The Hall–Kier alpha value is -3.84. The average molecular weight is 416 g/mol. The molecule has 1 saturated heterocycles. The van der Waals surface area contributed by atoms with Crippen molar-refractivity contribution in [3.05, 3.63) is 94.8 Å². The molecule has 0 spiro atoms. The maximum absolute atomic E-state index is 12.8. The molecule has 4 rings (SSSR count). The van der Waals surface area contributed by atoms with Crippen molar-refractivity contribution in [1.29, 1.82) is 0 Å². The van der Waals surface area contributed by atoms with E-state index in [0.29, 0.717) is 0 Å². The molecule has 1 fully saturated rings. The molecule has 2 aliphatic rings. The first-order valence-electron chi connectivity index (χ1n) is 9.11. The van der Waals surface area contributed by atoms with Gasteiger partial charge in [-0.15, -0.1) is 0 Å². The smallest absolute Gasteiger partial charge is 0.349 e. The normalized spacial score (nSPS) is 19.2. The minimum atomic E-state index is -0.827. The molecular formula is C23H16N2O4S. The number of esters is 1. The van der Waals surface area contributed by atoms with Gasteiger partial charge in [-0.3, -0.25) is 14.5 Å². The number of nitrogens with one attached hydrogen (secondary N) is 1. The SMILES string of the molecule is CC(=Cc1ccccc1)C=C1NC(=S)N(/C=C2\C(=O)Oc3ccccc3C2=O)C1=O. The summed E-state index contributed by atoms with van der Waals surface area (Å²) in [6.07, 6.45) is 4.72. The topological polar surface area (TPSA) is 75.7 Å². The Balaban J connectivity index is 1.61.